The summed E-state index contributed by atoms with van der Waals surface area (Å²) in [5.41, 5.74) is 2.71. The van der Waals surface area contributed by atoms with Gasteiger partial charge >= 0.3 is 5.97 Å². The van der Waals surface area contributed by atoms with Gasteiger partial charge in [0.2, 0.25) is 0 Å². The number of aryl methyl sites for hydroxylation is 2. The smallest absolute Gasteiger partial charge is 0.336 e. The predicted octanol–water partition coefficient (Wildman–Crippen LogP) is 5.00. The summed E-state index contributed by atoms with van der Waals surface area (Å²) in [4.78, 5) is 11.0. The van der Waals surface area contributed by atoms with Gasteiger partial charge in [0, 0.05) is 0 Å². The van der Waals surface area contributed by atoms with Gasteiger partial charge < -0.3 is 9.84 Å². The summed E-state index contributed by atoms with van der Waals surface area (Å²) in [5.74, 6) is -1.35. The van der Waals surface area contributed by atoms with E-state index in [-0.39, 0.29) is 15.8 Å². The summed E-state index contributed by atoms with van der Waals surface area (Å²) in [7, 11) is 0. The minimum atomic E-state index is -1.20. The number of hydrogen-bond donors (Lipinski definition) is 1. The van der Waals surface area contributed by atoms with Crippen molar-refractivity contribution < 1.29 is 19.0 Å². The van der Waals surface area contributed by atoms with E-state index in [2.05, 4.69) is 15.9 Å². The van der Waals surface area contributed by atoms with Crippen LogP contribution in [0.3, 0.4) is 0 Å². The number of carbonyl (C=O) groups is 1. The maximum Gasteiger partial charge on any atom is 0.336 e. The molecule has 0 fully saturated rings. The molecule has 5 heteroatoms. The van der Waals surface area contributed by atoms with Gasteiger partial charge in [0.15, 0.2) is 11.6 Å². The Hall–Kier alpha value is -1.88. The van der Waals surface area contributed by atoms with Crippen LogP contribution < -0.4 is 4.74 Å². The van der Waals surface area contributed by atoms with Crippen molar-refractivity contribution >= 4 is 21.9 Å². The number of halogens is 2. The Kier molecular flexibility index (Phi) is 4.32. The quantitative estimate of drug-likeness (QED) is 0.844. The largest absolute Gasteiger partial charge is 0.478 e. The highest BCUT2D eigenvalue weighted by Crippen LogP contribution is 2.35. The van der Waals surface area contributed by atoms with Gasteiger partial charge in [-0.25, -0.2) is 9.18 Å². The molecule has 0 aromatic heterocycles. The van der Waals surface area contributed by atoms with Crippen molar-refractivity contribution in [3.8, 4) is 11.5 Å². The third-order valence-electron chi connectivity index (χ3n) is 3.36. The van der Waals surface area contributed by atoms with Crippen molar-refractivity contribution in [2.45, 2.75) is 20.8 Å². The Labute approximate surface area is 130 Å². The number of carboxylic acid groups (broad SMARTS) is 1. The van der Waals surface area contributed by atoms with E-state index in [0.717, 1.165) is 16.7 Å². The van der Waals surface area contributed by atoms with E-state index in [1.165, 1.54) is 12.1 Å². The lowest BCUT2D eigenvalue weighted by atomic mass is 10.1. The highest BCUT2D eigenvalue weighted by atomic mass is 79.9. The molecule has 0 atom stereocenters. The Bertz CT molecular complexity index is 726. The topological polar surface area (TPSA) is 46.5 Å². The van der Waals surface area contributed by atoms with Crippen LogP contribution in [0.5, 0.6) is 11.5 Å². The lowest BCUT2D eigenvalue weighted by Gasteiger charge is -2.15. The molecule has 3 nitrogen and oxygen atoms in total. The molecule has 110 valence electrons. The zero-order chi connectivity index (χ0) is 15.7. The van der Waals surface area contributed by atoms with Gasteiger partial charge in [0.1, 0.15) is 5.75 Å². The number of benzene rings is 2. The van der Waals surface area contributed by atoms with Crippen LogP contribution in [0.1, 0.15) is 27.0 Å². The van der Waals surface area contributed by atoms with E-state index in [1.807, 2.05) is 32.9 Å². The molecule has 0 aliphatic carbocycles. The summed E-state index contributed by atoms with van der Waals surface area (Å²) in [6.45, 7) is 5.72. The lowest BCUT2D eigenvalue weighted by Crippen LogP contribution is -2.01. The van der Waals surface area contributed by atoms with Crippen LogP contribution in [0.25, 0.3) is 0 Å². The van der Waals surface area contributed by atoms with Crippen molar-refractivity contribution in [1.29, 1.82) is 0 Å². The van der Waals surface area contributed by atoms with E-state index in [4.69, 9.17) is 9.84 Å². The molecule has 2 rings (SSSR count). The van der Waals surface area contributed by atoms with Crippen LogP contribution >= 0.6 is 15.9 Å². The van der Waals surface area contributed by atoms with Crippen molar-refractivity contribution in [2.24, 2.45) is 0 Å². The van der Waals surface area contributed by atoms with Gasteiger partial charge in [0.05, 0.1) is 10.0 Å². The minimum absolute atomic E-state index is 0.0105. The monoisotopic (exact) mass is 352 g/mol. The van der Waals surface area contributed by atoms with Crippen LogP contribution in [-0.2, 0) is 0 Å². The van der Waals surface area contributed by atoms with Gasteiger partial charge in [-0.2, -0.15) is 0 Å². The first kappa shape index (κ1) is 15.5. The number of aromatic carboxylic acids is 1. The first-order chi connectivity index (χ1) is 9.82. The summed E-state index contributed by atoms with van der Waals surface area (Å²) in [5, 5.41) is 8.96. The maximum atomic E-state index is 14.2. The fraction of sp³-hybridized carbons (Fsp3) is 0.188. The third kappa shape index (κ3) is 2.93. The zero-order valence-corrected chi connectivity index (χ0v) is 13.4. The molecule has 0 amide bonds. The van der Waals surface area contributed by atoms with Crippen molar-refractivity contribution in [1.82, 2.24) is 0 Å². The molecule has 0 bridgehead atoms. The van der Waals surface area contributed by atoms with E-state index in [0.29, 0.717) is 5.75 Å². The fourth-order valence-electron chi connectivity index (χ4n) is 1.97. The third-order valence-corrected chi connectivity index (χ3v) is 4.14. The summed E-state index contributed by atoms with van der Waals surface area (Å²) < 4.78 is 19.8. The van der Waals surface area contributed by atoms with Crippen molar-refractivity contribution in [3.05, 3.63) is 56.8 Å². The molecule has 2 aromatic rings. The Morgan fingerprint density at radius 3 is 2.38 bits per heavy atom. The predicted molar refractivity (Wildman–Crippen MR) is 81.8 cm³/mol. The van der Waals surface area contributed by atoms with Gasteiger partial charge in [-0.15, -0.1) is 0 Å². The van der Waals surface area contributed by atoms with Gasteiger partial charge in [0.25, 0.3) is 0 Å². The van der Waals surface area contributed by atoms with Crippen LogP contribution in [0.4, 0.5) is 4.39 Å². The Morgan fingerprint density at radius 2 is 1.76 bits per heavy atom. The molecule has 0 aliphatic heterocycles. The highest BCUT2D eigenvalue weighted by molar-refractivity contribution is 9.10. The Balaban J connectivity index is 2.49. The molecule has 21 heavy (non-hydrogen) atoms. The molecule has 0 aliphatic rings. The molecular formula is C16H14BrFO3. The van der Waals surface area contributed by atoms with Crippen molar-refractivity contribution in [2.75, 3.05) is 0 Å². The molecule has 0 radical (unpaired) electrons. The molecule has 0 heterocycles. The second kappa shape index (κ2) is 5.85. The molecule has 2 aromatic carbocycles. The van der Waals surface area contributed by atoms with Crippen LogP contribution in [0.2, 0.25) is 0 Å². The molecule has 0 saturated carbocycles. The van der Waals surface area contributed by atoms with E-state index in [9.17, 15) is 9.18 Å². The van der Waals surface area contributed by atoms with Crippen LogP contribution in [0.15, 0.2) is 28.7 Å². The number of hydrogen-bond acceptors (Lipinski definition) is 2. The van der Waals surface area contributed by atoms with Crippen LogP contribution in [-0.4, -0.2) is 11.1 Å². The number of carboxylic acids is 1. The summed E-state index contributed by atoms with van der Waals surface area (Å²) in [6, 6.07) is 6.50. The molecule has 0 unspecified atom stereocenters. The van der Waals surface area contributed by atoms with E-state index >= 15 is 0 Å². The summed E-state index contributed by atoms with van der Waals surface area (Å²) >= 11 is 2.96. The van der Waals surface area contributed by atoms with Crippen LogP contribution in [0, 0.1) is 26.6 Å². The zero-order valence-electron chi connectivity index (χ0n) is 11.8. The van der Waals surface area contributed by atoms with Gasteiger partial charge in [-0.05, 0) is 65.5 Å². The van der Waals surface area contributed by atoms with Crippen molar-refractivity contribution in [3.63, 3.8) is 0 Å². The first-order valence-corrected chi connectivity index (χ1v) is 7.08. The number of ether oxygens (including phenoxy) is 1. The average Bonchev–Trinajstić information content (AvgIpc) is 2.43. The second-order valence-corrected chi connectivity index (χ2v) is 5.59. The normalized spacial score (nSPS) is 10.5. The van der Waals surface area contributed by atoms with E-state index in [1.54, 1.807) is 0 Å². The molecule has 0 spiro atoms. The highest BCUT2D eigenvalue weighted by Gasteiger charge is 2.18. The average molecular weight is 353 g/mol. The van der Waals surface area contributed by atoms with E-state index < -0.39 is 11.8 Å². The SMILES string of the molecule is Cc1ccc(C)c(Oc2ccc(C(=O)O)c(Br)c2F)c1C. The minimum Gasteiger partial charge on any atom is -0.478 e. The second-order valence-electron chi connectivity index (χ2n) is 4.80. The van der Waals surface area contributed by atoms with Gasteiger partial charge in [-0.1, -0.05) is 12.1 Å². The lowest BCUT2D eigenvalue weighted by molar-refractivity contribution is 0.0695. The first-order valence-electron chi connectivity index (χ1n) is 6.29. The fourth-order valence-corrected chi connectivity index (χ4v) is 2.47. The molecular weight excluding hydrogens is 339 g/mol. The standard InChI is InChI=1S/C16H14BrFO3/c1-8-4-5-9(2)15(10(8)3)21-12-7-6-11(16(19)20)13(17)14(12)18/h4-7H,1-3H3,(H,19,20). The molecule has 1 N–H and O–H groups in total. The Morgan fingerprint density at radius 1 is 1.14 bits per heavy atom. The molecule has 0 saturated heterocycles. The maximum absolute atomic E-state index is 14.2. The summed E-state index contributed by atoms with van der Waals surface area (Å²) in [6.07, 6.45) is 0. The number of rotatable bonds is 3. The van der Waals surface area contributed by atoms with Gasteiger partial charge in [-0.3, -0.25) is 0 Å².